The van der Waals surface area contributed by atoms with E-state index in [2.05, 4.69) is 20.9 Å². The monoisotopic (exact) mass is 569 g/mol. The van der Waals surface area contributed by atoms with Gasteiger partial charge in [0.15, 0.2) is 5.11 Å². The topological polar surface area (TPSA) is 76.7 Å². The molecule has 3 aromatic rings. The van der Waals surface area contributed by atoms with Crippen molar-refractivity contribution in [3.05, 3.63) is 94.5 Å². The Morgan fingerprint density at radius 1 is 0.875 bits per heavy atom. The van der Waals surface area contributed by atoms with Crippen LogP contribution in [0, 0.1) is 6.92 Å². The van der Waals surface area contributed by atoms with E-state index in [0.717, 1.165) is 24.7 Å². The molecular formula is C29H30F3N5O2S. The number of anilines is 2. The van der Waals surface area contributed by atoms with Gasteiger partial charge < -0.3 is 15.5 Å². The van der Waals surface area contributed by atoms with Gasteiger partial charge in [0.1, 0.15) is 0 Å². The average molecular weight is 570 g/mol. The van der Waals surface area contributed by atoms with Crippen molar-refractivity contribution in [3.63, 3.8) is 0 Å². The first kappa shape index (κ1) is 29.2. The minimum atomic E-state index is -4.60. The van der Waals surface area contributed by atoms with Crippen LogP contribution in [0.15, 0.2) is 66.7 Å². The maximum Gasteiger partial charge on any atom is 0.416 e. The highest BCUT2D eigenvalue weighted by Gasteiger charge is 2.34. The molecule has 3 aromatic carbocycles. The molecule has 0 aromatic heterocycles. The van der Waals surface area contributed by atoms with Crippen LogP contribution in [0.25, 0.3) is 0 Å². The second-order valence-corrected chi connectivity index (χ2v) is 10.1. The molecule has 0 saturated carbocycles. The van der Waals surface area contributed by atoms with Crippen molar-refractivity contribution in [1.82, 2.24) is 15.1 Å². The number of aryl methyl sites for hydroxylation is 1. The van der Waals surface area contributed by atoms with Gasteiger partial charge in [0, 0.05) is 55.2 Å². The lowest BCUT2D eigenvalue weighted by atomic mass is 10.0. The van der Waals surface area contributed by atoms with Crippen LogP contribution in [0.2, 0.25) is 0 Å². The summed E-state index contributed by atoms with van der Waals surface area (Å²) >= 11 is 5.26. The molecule has 0 spiro atoms. The molecular weight excluding hydrogens is 539 g/mol. The van der Waals surface area contributed by atoms with E-state index < -0.39 is 17.6 Å². The number of carbonyl (C=O) groups excluding carboxylic acids is 2. The third kappa shape index (κ3) is 7.65. The number of piperazine rings is 1. The smallest absolute Gasteiger partial charge is 0.332 e. The van der Waals surface area contributed by atoms with Crippen molar-refractivity contribution in [2.45, 2.75) is 19.6 Å². The van der Waals surface area contributed by atoms with Gasteiger partial charge in [0.25, 0.3) is 11.8 Å². The molecule has 3 N–H and O–H groups in total. The van der Waals surface area contributed by atoms with Crippen LogP contribution in [0.4, 0.5) is 24.5 Å². The van der Waals surface area contributed by atoms with Gasteiger partial charge in [-0.25, -0.2) is 0 Å². The van der Waals surface area contributed by atoms with Crippen LogP contribution in [-0.2, 0) is 12.7 Å². The van der Waals surface area contributed by atoms with E-state index >= 15 is 0 Å². The molecule has 4 rings (SSSR count). The Bertz CT molecular complexity index is 1390. The van der Waals surface area contributed by atoms with E-state index in [1.807, 2.05) is 18.9 Å². The molecule has 0 aliphatic carbocycles. The first-order chi connectivity index (χ1) is 19.0. The van der Waals surface area contributed by atoms with Crippen LogP contribution in [0.3, 0.4) is 0 Å². The van der Waals surface area contributed by atoms with Crippen LogP contribution in [0.5, 0.6) is 0 Å². The number of hydrogen-bond acceptors (Lipinski definition) is 5. The SMILES string of the molecule is Cc1ccc(NC(=O)c2ccc(CN3CCN(C)CC3)c(C(F)(F)F)c2)cc1NC(=S)NC(=O)c1ccccc1. The maximum absolute atomic E-state index is 13.9. The Kier molecular flexibility index (Phi) is 9.18. The molecule has 40 heavy (non-hydrogen) atoms. The summed E-state index contributed by atoms with van der Waals surface area (Å²) in [4.78, 5) is 29.4. The molecule has 0 bridgehead atoms. The zero-order chi connectivity index (χ0) is 28.9. The number of alkyl halides is 3. The fraction of sp³-hybridized carbons (Fsp3) is 0.276. The molecule has 1 saturated heterocycles. The zero-order valence-electron chi connectivity index (χ0n) is 22.1. The van der Waals surface area contributed by atoms with Gasteiger partial charge >= 0.3 is 6.18 Å². The highest BCUT2D eigenvalue weighted by molar-refractivity contribution is 7.80. The Labute approximate surface area is 236 Å². The van der Waals surface area contributed by atoms with Crippen LogP contribution in [-0.4, -0.2) is 60.0 Å². The van der Waals surface area contributed by atoms with Crippen LogP contribution in [0.1, 0.15) is 37.4 Å². The Hall–Kier alpha value is -3.80. The highest BCUT2D eigenvalue weighted by atomic mass is 32.1. The van der Waals surface area contributed by atoms with Crippen molar-refractivity contribution in [2.24, 2.45) is 0 Å². The van der Waals surface area contributed by atoms with Crippen molar-refractivity contribution < 1.29 is 22.8 Å². The third-order valence-corrected chi connectivity index (χ3v) is 6.88. The van der Waals surface area contributed by atoms with E-state index in [0.29, 0.717) is 30.0 Å². The lowest BCUT2D eigenvalue weighted by Gasteiger charge is -2.33. The second kappa shape index (κ2) is 12.6. The summed E-state index contributed by atoms with van der Waals surface area (Å²) < 4.78 is 41.8. The van der Waals surface area contributed by atoms with E-state index in [-0.39, 0.29) is 28.7 Å². The molecule has 1 aliphatic rings. The van der Waals surface area contributed by atoms with Gasteiger partial charge in [0.2, 0.25) is 0 Å². The number of thiocarbonyl (C=S) groups is 1. The van der Waals surface area contributed by atoms with Crippen molar-refractivity contribution in [1.29, 1.82) is 0 Å². The van der Waals surface area contributed by atoms with Crippen molar-refractivity contribution in [2.75, 3.05) is 43.9 Å². The zero-order valence-corrected chi connectivity index (χ0v) is 23.0. The maximum atomic E-state index is 13.9. The number of likely N-dealkylation sites (N-methyl/N-ethyl adjacent to an activating group) is 1. The predicted octanol–water partition coefficient (Wildman–Crippen LogP) is 5.14. The number of benzene rings is 3. The Morgan fingerprint density at radius 3 is 2.25 bits per heavy atom. The molecule has 1 aliphatic heterocycles. The van der Waals surface area contributed by atoms with E-state index in [1.54, 1.807) is 48.5 Å². The Morgan fingerprint density at radius 2 is 1.57 bits per heavy atom. The molecule has 0 radical (unpaired) electrons. The number of nitrogens with zero attached hydrogens (tertiary/aromatic N) is 2. The van der Waals surface area contributed by atoms with Gasteiger partial charge in [-0.3, -0.25) is 19.8 Å². The third-order valence-electron chi connectivity index (χ3n) is 6.67. The molecule has 0 atom stereocenters. The summed E-state index contributed by atoms with van der Waals surface area (Å²) in [6.45, 7) is 4.92. The summed E-state index contributed by atoms with van der Waals surface area (Å²) in [5.41, 5.74) is 1.32. The van der Waals surface area contributed by atoms with Crippen molar-refractivity contribution in [3.8, 4) is 0 Å². The summed E-state index contributed by atoms with van der Waals surface area (Å²) in [5, 5.41) is 8.25. The summed E-state index contributed by atoms with van der Waals surface area (Å²) in [7, 11) is 1.98. The van der Waals surface area contributed by atoms with Gasteiger partial charge in [0.05, 0.1) is 5.56 Å². The first-order valence-corrected chi connectivity index (χ1v) is 13.1. The molecule has 0 unspecified atom stereocenters. The normalized spacial score (nSPS) is 14.4. The summed E-state index contributed by atoms with van der Waals surface area (Å²) in [6, 6.07) is 17.2. The van der Waals surface area contributed by atoms with Gasteiger partial charge in [-0.15, -0.1) is 0 Å². The standard InChI is InChI=1S/C29H30F3N5O2S/c1-19-8-11-23(17-25(19)34-28(40)35-26(38)20-6-4-3-5-7-20)33-27(39)21-9-10-22(24(16-21)29(30,31)32)18-37-14-12-36(2)13-15-37/h3-11,16-17H,12-15,18H2,1-2H3,(H,33,39)(H2,34,35,38,40). The number of amides is 2. The lowest BCUT2D eigenvalue weighted by Crippen LogP contribution is -2.44. The molecule has 1 fully saturated rings. The number of nitrogens with one attached hydrogen (secondary N) is 3. The average Bonchev–Trinajstić information content (AvgIpc) is 2.92. The predicted molar refractivity (Wildman–Crippen MR) is 153 cm³/mol. The summed E-state index contributed by atoms with van der Waals surface area (Å²) in [6.07, 6.45) is -4.60. The molecule has 210 valence electrons. The molecule has 7 nitrogen and oxygen atoms in total. The van der Waals surface area contributed by atoms with Gasteiger partial charge in [-0.05, 0) is 73.7 Å². The largest absolute Gasteiger partial charge is 0.416 e. The minimum Gasteiger partial charge on any atom is -0.332 e. The van der Waals surface area contributed by atoms with E-state index in [9.17, 15) is 22.8 Å². The lowest BCUT2D eigenvalue weighted by molar-refractivity contribution is -0.138. The quantitative estimate of drug-likeness (QED) is 0.357. The van der Waals surface area contributed by atoms with Gasteiger partial charge in [-0.1, -0.05) is 30.3 Å². The fourth-order valence-corrected chi connectivity index (χ4v) is 4.53. The van der Waals surface area contributed by atoms with Crippen LogP contribution < -0.4 is 16.0 Å². The van der Waals surface area contributed by atoms with Gasteiger partial charge in [-0.2, -0.15) is 13.2 Å². The van der Waals surface area contributed by atoms with E-state index in [4.69, 9.17) is 12.2 Å². The number of hydrogen-bond donors (Lipinski definition) is 3. The van der Waals surface area contributed by atoms with Crippen LogP contribution >= 0.6 is 12.2 Å². The highest BCUT2D eigenvalue weighted by Crippen LogP contribution is 2.34. The number of halogens is 3. The molecule has 1 heterocycles. The fourth-order valence-electron chi connectivity index (χ4n) is 4.32. The summed E-state index contributed by atoms with van der Waals surface area (Å²) in [5.74, 6) is -1.05. The first-order valence-electron chi connectivity index (χ1n) is 12.7. The number of rotatable bonds is 6. The molecule has 2 amide bonds. The Balaban J connectivity index is 1.45. The number of carbonyl (C=O) groups is 2. The molecule has 11 heteroatoms. The van der Waals surface area contributed by atoms with Crippen molar-refractivity contribution >= 4 is 40.5 Å². The minimum absolute atomic E-state index is 0.0613. The van der Waals surface area contributed by atoms with E-state index in [1.165, 1.54) is 12.1 Å². The second-order valence-electron chi connectivity index (χ2n) is 9.71.